The third-order valence-electron chi connectivity index (χ3n) is 3.34. The normalized spacial score (nSPS) is 10.6. The van der Waals surface area contributed by atoms with Crippen LogP contribution in [0.1, 0.15) is 77.0 Å². The number of thiol groups is 1. The second kappa shape index (κ2) is 17.0. The highest BCUT2D eigenvalue weighted by atomic mass is 127. The molecule has 0 aromatic heterocycles. The molecule has 0 heterocycles. The van der Waals surface area contributed by atoms with Gasteiger partial charge in [-0.1, -0.05) is 99.0 Å². The molecule has 1 nitrogen and oxygen atoms in total. The van der Waals surface area contributed by atoms with Crippen LogP contribution >= 0.6 is 47.4 Å². The lowest BCUT2D eigenvalue weighted by atomic mass is 10.1. The van der Waals surface area contributed by atoms with Gasteiger partial charge in [0.05, 0.1) is 0 Å². The molecule has 0 fully saturated rings. The molecule has 0 aliphatic carbocycles. The molecule has 0 radical (unpaired) electrons. The summed E-state index contributed by atoms with van der Waals surface area (Å²) in [5, 5.41) is 3.08. The summed E-state index contributed by atoms with van der Waals surface area (Å²) in [5.74, 6) is 0. The maximum atomic E-state index is 4.84. The van der Waals surface area contributed by atoms with Crippen molar-refractivity contribution in [1.82, 2.24) is 5.32 Å². The zero-order valence-corrected chi connectivity index (χ0v) is 16.0. The number of halogens is 1. The van der Waals surface area contributed by atoms with E-state index in [1.54, 1.807) is 0 Å². The molecule has 0 spiro atoms. The zero-order chi connectivity index (χ0) is 14.2. The Kier molecular flexibility index (Phi) is 17.9. The highest BCUT2D eigenvalue weighted by Gasteiger charge is 1.94. The van der Waals surface area contributed by atoms with Crippen molar-refractivity contribution in [2.45, 2.75) is 77.0 Å². The Balaban J connectivity index is 2.93. The van der Waals surface area contributed by atoms with Crippen LogP contribution in [0, 0.1) is 0 Å². The van der Waals surface area contributed by atoms with Gasteiger partial charge >= 0.3 is 0 Å². The smallest absolute Gasteiger partial charge is 0.130 e. The van der Waals surface area contributed by atoms with E-state index in [0.717, 1.165) is 6.54 Å². The molecular weight excluding hydrogens is 385 g/mol. The molecule has 1 N–H and O–H groups in total. The molecular formula is C15H30INS2. The summed E-state index contributed by atoms with van der Waals surface area (Å²) >= 11 is 11.3. The lowest BCUT2D eigenvalue weighted by molar-refractivity contribution is 0.544. The van der Waals surface area contributed by atoms with Gasteiger partial charge in [0, 0.05) is 6.54 Å². The number of unbranched alkanes of at least 4 members (excludes halogenated alkanes) is 11. The van der Waals surface area contributed by atoms with Crippen LogP contribution in [0.3, 0.4) is 0 Å². The van der Waals surface area contributed by atoms with Gasteiger partial charge in [0.2, 0.25) is 0 Å². The fraction of sp³-hybridized carbons (Fsp3) is 0.933. The number of hydrogen-bond acceptors (Lipinski definition) is 1. The summed E-state index contributed by atoms with van der Waals surface area (Å²) in [4.78, 5) is 0. The van der Waals surface area contributed by atoms with E-state index in [0.29, 0.717) is 4.32 Å². The first-order valence-electron chi connectivity index (χ1n) is 7.80. The van der Waals surface area contributed by atoms with Gasteiger partial charge in [0.15, 0.2) is 0 Å². The molecule has 0 rings (SSSR count). The largest absolute Gasteiger partial charge is 0.371 e. The Morgan fingerprint density at radius 1 is 0.737 bits per heavy atom. The van der Waals surface area contributed by atoms with E-state index < -0.39 is 0 Å². The van der Waals surface area contributed by atoms with Crippen molar-refractivity contribution in [3.63, 3.8) is 0 Å². The Morgan fingerprint density at radius 3 is 1.47 bits per heavy atom. The lowest BCUT2D eigenvalue weighted by Crippen LogP contribution is -2.17. The highest BCUT2D eigenvalue weighted by Crippen LogP contribution is 2.12. The van der Waals surface area contributed by atoms with Crippen LogP contribution in [-0.4, -0.2) is 15.3 Å². The van der Waals surface area contributed by atoms with Crippen LogP contribution < -0.4 is 5.32 Å². The Labute approximate surface area is 144 Å². The quantitative estimate of drug-likeness (QED) is 0.120. The third-order valence-corrected chi connectivity index (χ3v) is 4.40. The summed E-state index contributed by atoms with van der Waals surface area (Å²) in [6, 6.07) is 0. The van der Waals surface area contributed by atoms with Crippen molar-refractivity contribution in [3.8, 4) is 0 Å². The second-order valence-corrected chi connectivity index (χ2v) is 7.40. The van der Waals surface area contributed by atoms with Gasteiger partial charge in [-0.25, -0.2) is 0 Å². The van der Waals surface area contributed by atoms with Crippen molar-refractivity contribution >= 4 is 51.8 Å². The molecule has 0 atom stereocenters. The minimum atomic E-state index is 0.624. The molecule has 114 valence electrons. The lowest BCUT2D eigenvalue weighted by Gasteiger charge is -2.04. The molecule has 19 heavy (non-hydrogen) atoms. The predicted molar refractivity (Wildman–Crippen MR) is 104 cm³/mol. The number of hydrogen-bond donors (Lipinski definition) is 2. The zero-order valence-electron chi connectivity index (χ0n) is 12.1. The van der Waals surface area contributed by atoms with E-state index in [1.807, 2.05) is 0 Å². The third kappa shape index (κ3) is 19.0. The van der Waals surface area contributed by atoms with Crippen LogP contribution in [0.15, 0.2) is 0 Å². The van der Waals surface area contributed by atoms with Crippen molar-refractivity contribution in [3.05, 3.63) is 0 Å². The molecule has 0 aromatic rings. The number of thiocarbonyl (C=S) groups is 1. The van der Waals surface area contributed by atoms with Crippen molar-refractivity contribution in [2.75, 3.05) is 11.0 Å². The van der Waals surface area contributed by atoms with E-state index in [2.05, 4.69) is 40.5 Å². The first-order chi connectivity index (χ1) is 9.27. The van der Waals surface area contributed by atoms with Crippen molar-refractivity contribution < 1.29 is 0 Å². The van der Waals surface area contributed by atoms with Gasteiger partial charge in [0.25, 0.3) is 0 Å². The minimum absolute atomic E-state index is 0.624. The fourth-order valence-corrected chi connectivity index (χ4v) is 2.94. The van der Waals surface area contributed by atoms with Gasteiger partial charge in [-0.2, -0.15) is 0 Å². The van der Waals surface area contributed by atoms with E-state index in [1.165, 1.54) is 81.5 Å². The van der Waals surface area contributed by atoms with Gasteiger partial charge in [-0.15, -0.1) is 12.6 Å². The molecule has 0 aromatic carbocycles. The molecule has 0 unspecified atom stereocenters. The Morgan fingerprint density at radius 2 is 1.11 bits per heavy atom. The molecule has 0 bridgehead atoms. The number of alkyl halides is 1. The van der Waals surface area contributed by atoms with E-state index >= 15 is 0 Å². The van der Waals surface area contributed by atoms with Crippen LogP contribution in [0.5, 0.6) is 0 Å². The van der Waals surface area contributed by atoms with E-state index in [-0.39, 0.29) is 0 Å². The Hall–Kier alpha value is 0.970. The topological polar surface area (TPSA) is 12.0 Å². The van der Waals surface area contributed by atoms with Gasteiger partial charge in [-0.05, 0) is 17.3 Å². The molecule has 0 aliphatic rings. The van der Waals surface area contributed by atoms with Crippen molar-refractivity contribution in [2.24, 2.45) is 0 Å². The summed E-state index contributed by atoms with van der Waals surface area (Å²) in [5.41, 5.74) is 0. The summed E-state index contributed by atoms with van der Waals surface area (Å²) in [6.07, 6.45) is 16.8. The molecule has 0 amide bonds. The number of rotatable bonds is 14. The summed E-state index contributed by atoms with van der Waals surface area (Å²) in [7, 11) is 0. The molecule has 4 heteroatoms. The monoisotopic (exact) mass is 415 g/mol. The average Bonchev–Trinajstić information content (AvgIpc) is 2.39. The van der Waals surface area contributed by atoms with Crippen molar-refractivity contribution in [1.29, 1.82) is 0 Å². The van der Waals surface area contributed by atoms with Crippen LogP contribution in [0.25, 0.3) is 0 Å². The molecule has 0 saturated carbocycles. The van der Waals surface area contributed by atoms with Crippen LogP contribution in [0.4, 0.5) is 0 Å². The average molecular weight is 415 g/mol. The van der Waals surface area contributed by atoms with Gasteiger partial charge in [-0.3, -0.25) is 0 Å². The summed E-state index contributed by atoms with van der Waals surface area (Å²) < 4.78 is 1.95. The van der Waals surface area contributed by atoms with E-state index in [4.69, 9.17) is 12.2 Å². The van der Waals surface area contributed by atoms with Crippen LogP contribution in [-0.2, 0) is 0 Å². The van der Waals surface area contributed by atoms with Gasteiger partial charge in [0.1, 0.15) is 4.32 Å². The first kappa shape index (κ1) is 20.0. The fourth-order valence-electron chi connectivity index (χ4n) is 2.18. The molecule has 0 saturated heterocycles. The van der Waals surface area contributed by atoms with Gasteiger partial charge < -0.3 is 5.32 Å². The summed E-state index contributed by atoms with van der Waals surface area (Å²) in [6.45, 7) is 0.986. The predicted octanol–water partition coefficient (Wildman–Crippen LogP) is 5.91. The standard InChI is InChI=1S/C15H30INS2/c16-13-11-9-7-5-3-1-2-4-6-8-10-12-14-17-15(18)19/h1-14H2,(H2,17,18,19). The van der Waals surface area contributed by atoms with E-state index in [9.17, 15) is 0 Å². The second-order valence-electron chi connectivity index (χ2n) is 5.16. The SMILES string of the molecule is S=C(S)NCCCCCCCCCCCCCCI. The maximum Gasteiger partial charge on any atom is 0.130 e. The van der Waals surface area contributed by atoms with Crippen LogP contribution in [0.2, 0.25) is 0 Å². The highest BCUT2D eigenvalue weighted by molar-refractivity contribution is 14.1. The maximum absolute atomic E-state index is 4.84. The molecule has 0 aliphatic heterocycles. The first-order valence-corrected chi connectivity index (χ1v) is 10.2. The minimum Gasteiger partial charge on any atom is -0.371 e. The Bertz CT molecular complexity index is 201. The number of nitrogens with one attached hydrogen (secondary N) is 1.